The molecule has 104 valence electrons. The normalized spacial score (nSPS) is 31.1. The van der Waals surface area contributed by atoms with Gasteiger partial charge in [0, 0.05) is 12.2 Å². The van der Waals surface area contributed by atoms with Crippen LogP contribution in [0.4, 0.5) is 5.69 Å². The van der Waals surface area contributed by atoms with E-state index in [2.05, 4.69) is 36.9 Å². The Labute approximate surface area is 116 Å². The summed E-state index contributed by atoms with van der Waals surface area (Å²) in [5.74, 6) is 0.740. The van der Waals surface area contributed by atoms with E-state index in [0.29, 0.717) is 6.04 Å². The summed E-state index contributed by atoms with van der Waals surface area (Å²) in [5.41, 5.74) is 4.19. The lowest BCUT2D eigenvalue weighted by molar-refractivity contribution is 0.0855. The lowest BCUT2D eigenvalue weighted by Crippen LogP contribution is -2.49. The van der Waals surface area contributed by atoms with E-state index in [4.69, 9.17) is 0 Å². The molecule has 1 aliphatic heterocycles. The topological polar surface area (TPSA) is 23.5 Å². The van der Waals surface area contributed by atoms with Crippen LogP contribution in [0, 0.1) is 12.8 Å². The molecule has 0 spiro atoms. The van der Waals surface area contributed by atoms with Gasteiger partial charge in [0.2, 0.25) is 0 Å². The highest BCUT2D eigenvalue weighted by molar-refractivity contribution is 5.57. The molecule has 0 radical (unpaired) electrons. The first-order chi connectivity index (χ1) is 9.15. The lowest BCUT2D eigenvalue weighted by atomic mass is 9.83. The molecule has 2 nitrogen and oxygen atoms in total. The standard InChI is InChI=1S/C17H25NO/c1-12-5-7-15-14(10-12)4-3-9-18(15)16-11-13(2)6-8-17(16)19/h5,7,10,13,16-17,19H,3-4,6,8-9,11H2,1-2H3. The SMILES string of the molecule is Cc1ccc2c(c1)CCCN2C1CC(C)CCC1O. The molecule has 0 bridgehead atoms. The fourth-order valence-corrected chi connectivity index (χ4v) is 3.77. The first kappa shape index (κ1) is 13.0. The molecule has 0 amide bonds. The van der Waals surface area contributed by atoms with Crippen LogP contribution < -0.4 is 4.90 Å². The second-order valence-electron chi connectivity index (χ2n) is 6.48. The molecule has 1 aliphatic carbocycles. The summed E-state index contributed by atoms with van der Waals surface area (Å²) in [6, 6.07) is 7.11. The molecule has 3 rings (SSSR count). The van der Waals surface area contributed by atoms with Gasteiger partial charge in [-0.25, -0.2) is 0 Å². The number of anilines is 1. The third kappa shape index (κ3) is 2.51. The molecule has 0 saturated heterocycles. The van der Waals surface area contributed by atoms with Crippen molar-refractivity contribution in [3.05, 3.63) is 29.3 Å². The van der Waals surface area contributed by atoms with Crippen molar-refractivity contribution >= 4 is 5.69 Å². The number of aliphatic hydroxyl groups excluding tert-OH is 1. The van der Waals surface area contributed by atoms with E-state index in [-0.39, 0.29) is 6.10 Å². The highest BCUT2D eigenvalue weighted by Crippen LogP contribution is 2.35. The summed E-state index contributed by atoms with van der Waals surface area (Å²) < 4.78 is 0. The largest absolute Gasteiger partial charge is 0.391 e. The molecule has 1 aromatic rings. The summed E-state index contributed by atoms with van der Waals surface area (Å²) in [4.78, 5) is 2.48. The van der Waals surface area contributed by atoms with Gasteiger partial charge in [-0.05, 0) is 56.6 Å². The van der Waals surface area contributed by atoms with Gasteiger partial charge in [0.25, 0.3) is 0 Å². The first-order valence-corrected chi connectivity index (χ1v) is 7.69. The average Bonchev–Trinajstić information content (AvgIpc) is 2.40. The number of fused-ring (bicyclic) bond motifs is 1. The van der Waals surface area contributed by atoms with Gasteiger partial charge in [-0.3, -0.25) is 0 Å². The summed E-state index contributed by atoms with van der Waals surface area (Å²) in [6.07, 6.45) is 5.52. The van der Waals surface area contributed by atoms with Crippen LogP contribution in [0.5, 0.6) is 0 Å². The van der Waals surface area contributed by atoms with Crippen molar-refractivity contribution in [2.45, 2.75) is 58.1 Å². The van der Waals surface area contributed by atoms with E-state index < -0.39 is 0 Å². The maximum absolute atomic E-state index is 10.4. The molecule has 19 heavy (non-hydrogen) atoms. The summed E-state index contributed by atoms with van der Waals surface area (Å²) in [7, 11) is 0. The molecular formula is C17H25NO. The van der Waals surface area contributed by atoms with Crippen LogP contribution in [-0.4, -0.2) is 23.8 Å². The molecule has 2 aliphatic rings. The summed E-state index contributed by atoms with van der Waals surface area (Å²) in [5, 5.41) is 10.4. The van der Waals surface area contributed by atoms with Gasteiger partial charge in [-0.15, -0.1) is 0 Å². The van der Waals surface area contributed by atoms with Crippen LogP contribution in [0.2, 0.25) is 0 Å². The van der Waals surface area contributed by atoms with Crippen molar-refractivity contribution in [3.8, 4) is 0 Å². The molecule has 1 aromatic carbocycles. The molecular weight excluding hydrogens is 234 g/mol. The monoisotopic (exact) mass is 259 g/mol. The van der Waals surface area contributed by atoms with Gasteiger partial charge < -0.3 is 10.0 Å². The third-order valence-corrected chi connectivity index (χ3v) is 4.83. The van der Waals surface area contributed by atoms with E-state index in [9.17, 15) is 5.11 Å². The second-order valence-corrected chi connectivity index (χ2v) is 6.48. The van der Waals surface area contributed by atoms with Crippen molar-refractivity contribution < 1.29 is 5.11 Å². The Morgan fingerprint density at radius 3 is 2.95 bits per heavy atom. The predicted octanol–water partition coefficient (Wildman–Crippen LogP) is 3.30. The van der Waals surface area contributed by atoms with Crippen LogP contribution in [0.3, 0.4) is 0 Å². The number of nitrogens with zero attached hydrogens (tertiary/aromatic N) is 1. The minimum atomic E-state index is -0.150. The van der Waals surface area contributed by atoms with Crippen LogP contribution in [-0.2, 0) is 6.42 Å². The number of aryl methyl sites for hydroxylation is 2. The molecule has 3 unspecified atom stereocenters. The van der Waals surface area contributed by atoms with Crippen molar-refractivity contribution in [3.63, 3.8) is 0 Å². The Morgan fingerprint density at radius 2 is 2.11 bits per heavy atom. The van der Waals surface area contributed by atoms with Crippen LogP contribution >= 0.6 is 0 Å². The Kier molecular flexibility index (Phi) is 3.53. The minimum Gasteiger partial charge on any atom is -0.391 e. The smallest absolute Gasteiger partial charge is 0.0743 e. The maximum Gasteiger partial charge on any atom is 0.0743 e. The van der Waals surface area contributed by atoms with Crippen molar-refractivity contribution in [1.82, 2.24) is 0 Å². The van der Waals surface area contributed by atoms with Gasteiger partial charge in [-0.2, -0.15) is 0 Å². The minimum absolute atomic E-state index is 0.150. The molecule has 1 fully saturated rings. The molecule has 1 N–H and O–H groups in total. The Hall–Kier alpha value is -1.02. The van der Waals surface area contributed by atoms with Gasteiger partial charge in [-0.1, -0.05) is 24.6 Å². The van der Waals surface area contributed by atoms with E-state index in [1.54, 1.807) is 0 Å². The lowest BCUT2D eigenvalue weighted by Gasteiger charge is -2.44. The van der Waals surface area contributed by atoms with Gasteiger partial charge in [0.1, 0.15) is 0 Å². The van der Waals surface area contributed by atoms with Crippen molar-refractivity contribution in [2.24, 2.45) is 5.92 Å². The highest BCUT2D eigenvalue weighted by atomic mass is 16.3. The number of benzene rings is 1. The molecule has 1 saturated carbocycles. The molecule has 2 heteroatoms. The quantitative estimate of drug-likeness (QED) is 0.836. The fraction of sp³-hybridized carbons (Fsp3) is 0.647. The van der Waals surface area contributed by atoms with Crippen LogP contribution in [0.1, 0.15) is 43.7 Å². The van der Waals surface area contributed by atoms with Crippen molar-refractivity contribution in [1.29, 1.82) is 0 Å². The second kappa shape index (κ2) is 5.16. The Balaban J connectivity index is 1.90. The summed E-state index contributed by atoms with van der Waals surface area (Å²) in [6.45, 7) is 5.58. The van der Waals surface area contributed by atoms with Crippen LogP contribution in [0.15, 0.2) is 18.2 Å². The van der Waals surface area contributed by atoms with Crippen molar-refractivity contribution in [2.75, 3.05) is 11.4 Å². The third-order valence-electron chi connectivity index (χ3n) is 4.83. The molecule has 1 heterocycles. The molecule has 0 aromatic heterocycles. The zero-order valence-electron chi connectivity index (χ0n) is 12.1. The Bertz CT molecular complexity index is 457. The number of rotatable bonds is 1. The van der Waals surface area contributed by atoms with E-state index >= 15 is 0 Å². The first-order valence-electron chi connectivity index (χ1n) is 7.69. The number of hydrogen-bond acceptors (Lipinski definition) is 2. The number of hydrogen-bond donors (Lipinski definition) is 1. The summed E-state index contributed by atoms with van der Waals surface area (Å²) >= 11 is 0. The van der Waals surface area contributed by atoms with Crippen LogP contribution in [0.25, 0.3) is 0 Å². The van der Waals surface area contributed by atoms with E-state index in [1.807, 2.05) is 0 Å². The number of aliphatic hydroxyl groups is 1. The van der Waals surface area contributed by atoms with Gasteiger partial charge >= 0.3 is 0 Å². The van der Waals surface area contributed by atoms with E-state index in [1.165, 1.54) is 36.1 Å². The fourth-order valence-electron chi connectivity index (χ4n) is 3.77. The maximum atomic E-state index is 10.4. The average molecular weight is 259 g/mol. The highest BCUT2D eigenvalue weighted by Gasteiger charge is 2.33. The molecule has 3 atom stereocenters. The zero-order chi connectivity index (χ0) is 13.4. The van der Waals surface area contributed by atoms with Gasteiger partial charge in [0.05, 0.1) is 12.1 Å². The zero-order valence-corrected chi connectivity index (χ0v) is 12.1. The Morgan fingerprint density at radius 1 is 1.26 bits per heavy atom. The van der Waals surface area contributed by atoms with Gasteiger partial charge in [0.15, 0.2) is 0 Å². The van der Waals surface area contributed by atoms with E-state index in [0.717, 1.165) is 25.3 Å². The predicted molar refractivity (Wildman–Crippen MR) is 79.7 cm³/mol.